The maximum Gasteiger partial charge on any atom is 0.263 e. The van der Waals surface area contributed by atoms with Gasteiger partial charge in [0, 0.05) is 69.7 Å². The Labute approximate surface area is 232 Å². The first-order valence-electron chi connectivity index (χ1n) is 13.7. The minimum absolute atomic E-state index is 0.00304. The first kappa shape index (κ1) is 26.2. The second-order valence-corrected chi connectivity index (χ2v) is 10.5. The Morgan fingerprint density at radius 2 is 1.85 bits per heavy atom. The zero-order chi connectivity index (χ0) is 27.6. The number of nitrogens with one attached hydrogen (secondary N) is 3. The highest BCUT2D eigenvalue weighted by Crippen LogP contribution is 2.37. The van der Waals surface area contributed by atoms with Crippen molar-refractivity contribution in [1.82, 2.24) is 30.1 Å². The molecule has 2 aromatic heterocycles. The number of hydrogen-bond donors (Lipinski definition) is 3. The lowest BCUT2D eigenvalue weighted by Gasteiger charge is -2.32. The number of amides is 1. The second kappa shape index (κ2) is 11.2. The smallest absolute Gasteiger partial charge is 0.263 e. The predicted octanol–water partition coefficient (Wildman–Crippen LogP) is 2.70. The molecule has 3 aromatic rings. The molecule has 0 bridgehead atoms. The normalized spacial score (nSPS) is 19.2. The summed E-state index contributed by atoms with van der Waals surface area (Å²) in [7, 11) is 2.02. The zero-order valence-corrected chi connectivity index (χ0v) is 22.8. The third-order valence-electron chi connectivity index (χ3n) is 7.62. The molecule has 11 nitrogen and oxygen atoms in total. The molecule has 3 N–H and O–H groups in total. The number of hydrogen-bond acceptors (Lipinski definition) is 10. The Hall–Kier alpha value is -4.03. The van der Waals surface area contributed by atoms with Crippen LogP contribution in [-0.2, 0) is 6.42 Å². The van der Waals surface area contributed by atoms with Crippen LogP contribution in [0.15, 0.2) is 36.8 Å². The first-order chi connectivity index (χ1) is 19.5. The summed E-state index contributed by atoms with van der Waals surface area (Å²) in [6.45, 7) is 8.30. The fourth-order valence-electron chi connectivity index (χ4n) is 5.33. The van der Waals surface area contributed by atoms with Crippen LogP contribution in [0.25, 0.3) is 0 Å². The Bertz CT molecular complexity index is 1370. The highest BCUT2D eigenvalue weighted by atomic mass is 19.1. The van der Waals surface area contributed by atoms with E-state index in [1.807, 2.05) is 32.3 Å². The van der Waals surface area contributed by atoms with Crippen LogP contribution in [0.4, 0.5) is 27.4 Å². The molecule has 6 rings (SSSR count). The van der Waals surface area contributed by atoms with Crippen LogP contribution in [0.5, 0.6) is 11.6 Å². The lowest BCUT2D eigenvalue weighted by atomic mass is 10.1. The van der Waals surface area contributed by atoms with Gasteiger partial charge in [-0.3, -0.25) is 4.79 Å². The van der Waals surface area contributed by atoms with E-state index in [0.717, 1.165) is 50.6 Å². The van der Waals surface area contributed by atoms with Gasteiger partial charge in [-0.1, -0.05) is 0 Å². The summed E-state index contributed by atoms with van der Waals surface area (Å²) >= 11 is 0. The summed E-state index contributed by atoms with van der Waals surface area (Å²) in [6.07, 6.45) is 3.67. The van der Waals surface area contributed by atoms with E-state index in [1.165, 1.54) is 6.33 Å². The average molecular weight is 548 g/mol. The largest absolute Gasteiger partial charge is 0.435 e. The number of pyridine rings is 1. The average Bonchev–Trinajstić information content (AvgIpc) is 3.37. The Kier molecular flexibility index (Phi) is 7.35. The summed E-state index contributed by atoms with van der Waals surface area (Å²) in [4.78, 5) is 33.3. The van der Waals surface area contributed by atoms with E-state index in [9.17, 15) is 4.79 Å². The molecule has 2 saturated heterocycles. The molecule has 0 spiro atoms. The number of halogens is 1. The predicted molar refractivity (Wildman–Crippen MR) is 151 cm³/mol. The molecular weight excluding hydrogens is 513 g/mol. The van der Waals surface area contributed by atoms with Gasteiger partial charge in [0.05, 0.1) is 11.9 Å². The molecule has 3 aliphatic rings. The number of fused-ring (bicyclic) bond motifs is 1. The summed E-state index contributed by atoms with van der Waals surface area (Å²) in [5.41, 5.74) is 2.50. The highest BCUT2D eigenvalue weighted by Gasteiger charge is 2.30. The molecule has 40 heavy (non-hydrogen) atoms. The molecule has 1 atom stereocenters. The number of nitrogens with zero attached hydrogens (tertiary/aromatic N) is 6. The minimum atomic E-state index is -0.453. The van der Waals surface area contributed by atoms with E-state index < -0.39 is 5.82 Å². The standard InChI is InChI=1S/C28H34FN9O2/c1-18-15-20-21(34-18)4-5-22(25(20)29)40-27-24(28(39)38-13-11-36(2)12-14-38)26(32-17-33-27)35-23-6-3-19(16-31-23)37-9-7-30-8-10-37/h3-6,16-18,30,34H,7-15H2,1-2H3,(H,31,32,33,35). The van der Waals surface area contributed by atoms with E-state index in [0.29, 0.717) is 30.9 Å². The maximum absolute atomic E-state index is 15.5. The van der Waals surface area contributed by atoms with Crippen molar-refractivity contribution in [2.75, 3.05) is 74.9 Å². The SMILES string of the molecule is CC1Cc2c(ccc(Oc3ncnc(Nc4ccc(N5CCNCC5)cn4)c3C(=O)N3CCN(C)CC3)c2F)N1. The zero-order valence-electron chi connectivity index (χ0n) is 22.8. The van der Waals surface area contributed by atoms with Crippen LogP contribution in [0.1, 0.15) is 22.8 Å². The summed E-state index contributed by atoms with van der Waals surface area (Å²) in [6, 6.07) is 7.35. The molecule has 0 aliphatic carbocycles. The quantitative estimate of drug-likeness (QED) is 0.426. The molecule has 3 aliphatic heterocycles. The molecule has 0 radical (unpaired) electrons. The van der Waals surface area contributed by atoms with Crippen LogP contribution in [0, 0.1) is 5.82 Å². The Morgan fingerprint density at radius 3 is 2.60 bits per heavy atom. The number of ether oxygens (including phenoxy) is 1. The van der Waals surface area contributed by atoms with Crippen molar-refractivity contribution in [2.45, 2.75) is 19.4 Å². The van der Waals surface area contributed by atoms with E-state index >= 15 is 4.39 Å². The summed E-state index contributed by atoms with van der Waals surface area (Å²) in [5.74, 6) is 0.0704. The van der Waals surface area contributed by atoms with E-state index in [4.69, 9.17) is 4.74 Å². The van der Waals surface area contributed by atoms with E-state index in [1.54, 1.807) is 17.0 Å². The maximum atomic E-state index is 15.5. The van der Waals surface area contributed by atoms with Crippen molar-refractivity contribution in [1.29, 1.82) is 0 Å². The topological polar surface area (TPSA) is 111 Å². The van der Waals surface area contributed by atoms with Crippen molar-refractivity contribution in [2.24, 2.45) is 0 Å². The van der Waals surface area contributed by atoms with Crippen molar-refractivity contribution < 1.29 is 13.9 Å². The van der Waals surface area contributed by atoms with Crippen LogP contribution in [-0.4, -0.2) is 96.1 Å². The highest BCUT2D eigenvalue weighted by molar-refractivity contribution is 6.01. The number of rotatable bonds is 6. The number of anilines is 4. The third-order valence-corrected chi connectivity index (χ3v) is 7.62. The van der Waals surface area contributed by atoms with Crippen molar-refractivity contribution in [3.8, 4) is 11.6 Å². The minimum Gasteiger partial charge on any atom is -0.435 e. The number of aromatic nitrogens is 3. The molecule has 2 fully saturated rings. The summed E-state index contributed by atoms with van der Waals surface area (Å²) in [5, 5.41) is 9.79. The molecule has 0 saturated carbocycles. The van der Waals surface area contributed by atoms with Crippen LogP contribution in [0.3, 0.4) is 0 Å². The molecule has 1 amide bonds. The van der Waals surface area contributed by atoms with Gasteiger partial charge in [-0.15, -0.1) is 0 Å². The third kappa shape index (κ3) is 5.36. The molecule has 210 valence electrons. The molecule has 12 heteroatoms. The first-order valence-corrected chi connectivity index (χ1v) is 13.7. The van der Waals surface area contributed by atoms with Crippen LogP contribution >= 0.6 is 0 Å². The Morgan fingerprint density at radius 1 is 1.05 bits per heavy atom. The van der Waals surface area contributed by atoms with Crippen molar-refractivity contribution >= 4 is 28.9 Å². The molecular formula is C28H34FN9O2. The van der Waals surface area contributed by atoms with Crippen LogP contribution < -0.4 is 25.6 Å². The number of likely N-dealkylation sites (N-methyl/N-ethyl adjacent to an activating group) is 1. The van der Waals surface area contributed by atoms with E-state index in [-0.39, 0.29) is 35.0 Å². The van der Waals surface area contributed by atoms with Crippen molar-refractivity contribution in [3.63, 3.8) is 0 Å². The summed E-state index contributed by atoms with van der Waals surface area (Å²) < 4.78 is 21.5. The lowest BCUT2D eigenvalue weighted by molar-refractivity contribution is 0.0661. The van der Waals surface area contributed by atoms with Gasteiger partial charge in [-0.25, -0.2) is 19.3 Å². The number of carbonyl (C=O) groups is 1. The lowest BCUT2D eigenvalue weighted by Crippen LogP contribution is -2.47. The van der Waals surface area contributed by atoms with Gasteiger partial charge in [0.25, 0.3) is 5.91 Å². The number of carbonyl (C=O) groups excluding carboxylic acids is 1. The Balaban J connectivity index is 1.31. The van der Waals surface area contributed by atoms with Gasteiger partial charge in [0.15, 0.2) is 17.4 Å². The molecule has 5 heterocycles. The number of benzene rings is 1. The van der Waals surface area contributed by atoms with Gasteiger partial charge < -0.3 is 35.4 Å². The van der Waals surface area contributed by atoms with Crippen LogP contribution in [0.2, 0.25) is 0 Å². The van der Waals surface area contributed by atoms with Gasteiger partial charge >= 0.3 is 0 Å². The van der Waals surface area contributed by atoms with Gasteiger partial charge in [-0.2, -0.15) is 0 Å². The monoisotopic (exact) mass is 547 g/mol. The van der Waals surface area contributed by atoms with Gasteiger partial charge in [0.1, 0.15) is 17.7 Å². The molecule has 1 aromatic carbocycles. The fraction of sp³-hybridized carbons (Fsp3) is 0.429. The van der Waals surface area contributed by atoms with Gasteiger partial charge in [-0.05, 0) is 44.7 Å². The molecule has 1 unspecified atom stereocenters. The second-order valence-electron chi connectivity index (χ2n) is 10.5. The van der Waals surface area contributed by atoms with E-state index in [2.05, 4.69) is 40.7 Å². The fourth-order valence-corrected chi connectivity index (χ4v) is 5.33. The van der Waals surface area contributed by atoms with Gasteiger partial charge in [0.2, 0.25) is 5.88 Å². The number of piperazine rings is 2. The van der Waals surface area contributed by atoms with Crippen molar-refractivity contribution in [3.05, 3.63) is 53.7 Å².